The van der Waals surface area contributed by atoms with E-state index in [4.69, 9.17) is 15.3 Å². The van der Waals surface area contributed by atoms with Crippen LogP contribution in [0.25, 0.3) is 0 Å². The van der Waals surface area contributed by atoms with Crippen LogP contribution in [-0.4, -0.2) is 23.0 Å². The van der Waals surface area contributed by atoms with E-state index < -0.39 is 5.97 Å². The van der Waals surface area contributed by atoms with Crippen LogP contribution in [0.5, 0.6) is 0 Å². The van der Waals surface area contributed by atoms with Gasteiger partial charge in [-0.15, -0.1) is 0 Å². The Labute approximate surface area is 102 Å². The molecule has 0 amide bonds. The molecule has 0 spiro atoms. The maximum atomic E-state index is 9.75. The maximum absolute atomic E-state index is 9.75. The molecule has 8 heteroatoms. The summed E-state index contributed by atoms with van der Waals surface area (Å²) in [5, 5.41) is 13.5. The third-order valence-corrected chi connectivity index (χ3v) is 0.249. The number of aliphatic carboxylic acids is 1. The number of hydrogen-bond acceptors (Lipinski definition) is 4. The number of guanidine groups is 1. The molecule has 0 aromatic rings. The van der Waals surface area contributed by atoms with Gasteiger partial charge in [0.15, 0.2) is 5.96 Å². The van der Waals surface area contributed by atoms with Crippen molar-refractivity contribution in [1.82, 2.24) is 0 Å². The van der Waals surface area contributed by atoms with Gasteiger partial charge in [0, 0.05) is 34.3 Å². The van der Waals surface area contributed by atoms with E-state index >= 15 is 0 Å². The minimum absolute atomic E-state index is 0. The number of nitrogens with two attached hydrogens (primary N) is 2. The van der Waals surface area contributed by atoms with Crippen LogP contribution in [0, 0.1) is 5.41 Å². The van der Waals surface area contributed by atoms with Crippen molar-refractivity contribution in [3.8, 4) is 0 Å². The first-order valence-electron chi connectivity index (χ1n) is 3.31. The minimum atomic E-state index is -0.833. The summed E-state index contributed by atoms with van der Waals surface area (Å²) in [7, 11) is 0. The third kappa shape index (κ3) is 546. The molecule has 0 aliphatic heterocycles. The molecule has 0 rings (SSSR count). The average Bonchev–Trinajstić information content (AvgIpc) is 1.82. The molecule has 0 heterocycles. The first-order chi connectivity index (χ1) is 6.23. The molecular weight excluding hydrogens is 297 g/mol. The Hall–Kier alpha value is -1.39. The van der Waals surface area contributed by atoms with E-state index in [1.807, 2.05) is 0 Å². The molecule has 0 atom stereocenters. The largest absolute Gasteiger partial charge is 0.481 e. The van der Waals surface area contributed by atoms with Gasteiger partial charge in [0.1, 0.15) is 0 Å². The van der Waals surface area contributed by atoms with Crippen LogP contribution in [0.1, 0.15) is 13.8 Å². The molecule has 0 aliphatic carbocycles. The monoisotopic (exact) mass is 311 g/mol. The number of carboxylic acid groups (broad SMARTS) is 1. The zero-order valence-corrected chi connectivity index (χ0v) is 9.98. The van der Waals surface area contributed by atoms with Crippen molar-refractivity contribution in [2.45, 2.75) is 13.8 Å². The van der Waals surface area contributed by atoms with Gasteiger partial charge >= 0.3 is 5.97 Å². The summed E-state index contributed by atoms with van der Waals surface area (Å²) in [4.78, 5) is 18.8. The van der Waals surface area contributed by atoms with Crippen LogP contribution in [0.3, 0.4) is 0 Å². The van der Waals surface area contributed by atoms with Crippen molar-refractivity contribution in [3.05, 3.63) is 12.8 Å². The Bertz CT molecular complexity index is 188. The number of hydrogen-bond donors (Lipinski definition) is 4. The number of nitrogens with one attached hydrogen (secondary N) is 1. The third-order valence-electron chi connectivity index (χ3n) is 0.249. The molecule has 0 saturated carbocycles. The van der Waals surface area contributed by atoms with E-state index in [9.17, 15) is 4.79 Å². The molecule has 6 N–H and O–H groups in total. The Balaban J connectivity index is -0.0000000606. The quantitative estimate of drug-likeness (QED) is 0.171. The van der Waals surface area contributed by atoms with Crippen LogP contribution in [0.4, 0.5) is 0 Å². The predicted octanol–water partition coefficient (Wildman–Crippen LogP) is -0.380. The normalized spacial score (nSPS) is 6.00. The number of ether oxygens (including phenoxy) is 1. The molecular formula is C7H15N3O4Pd. The number of carboxylic acids is 1. The second kappa shape index (κ2) is 18.4. The van der Waals surface area contributed by atoms with Crippen LogP contribution >= 0.6 is 0 Å². The van der Waals surface area contributed by atoms with Crippen molar-refractivity contribution < 1.29 is 39.9 Å². The van der Waals surface area contributed by atoms with Gasteiger partial charge in [-0.2, -0.15) is 0 Å². The van der Waals surface area contributed by atoms with Gasteiger partial charge in [-0.25, -0.2) is 0 Å². The molecule has 0 radical (unpaired) electrons. The van der Waals surface area contributed by atoms with E-state index in [-0.39, 0.29) is 32.4 Å². The summed E-state index contributed by atoms with van der Waals surface area (Å²) < 4.78 is 4.17. The SMILES string of the molecule is C=COC(C)=O.CC(=O)O.N=C(N)N.[Pd]. The number of esters is 1. The molecule has 0 bridgehead atoms. The minimum Gasteiger partial charge on any atom is -0.481 e. The van der Waals surface area contributed by atoms with E-state index in [1.165, 1.54) is 6.92 Å². The van der Waals surface area contributed by atoms with Gasteiger partial charge in [0.05, 0.1) is 6.26 Å². The summed E-state index contributed by atoms with van der Waals surface area (Å²) in [6.07, 6.45) is 1.10. The Kier molecular flexibility index (Phi) is 28.8. The van der Waals surface area contributed by atoms with Crippen molar-refractivity contribution in [2.24, 2.45) is 11.5 Å². The number of carbonyl (C=O) groups is 2. The molecule has 7 nitrogen and oxygen atoms in total. The van der Waals surface area contributed by atoms with Gasteiger partial charge in [-0.05, 0) is 0 Å². The van der Waals surface area contributed by atoms with E-state index in [0.29, 0.717) is 0 Å². The molecule has 0 aromatic heterocycles. The first kappa shape index (κ1) is 23.4. The van der Waals surface area contributed by atoms with Gasteiger partial charge in [0.25, 0.3) is 5.97 Å². The Morgan fingerprint density at radius 3 is 1.60 bits per heavy atom. The average molecular weight is 312 g/mol. The van der Waals surface area contributed by atoms with Gasteiger partial charge in [-0.3, -0.25) is 15.0 Å². The van der Waals surface area contributed by atoms with Crippen molar-refractivity contribution in [2.75, 3.05) is 0 Å². The molecule has 0 aromatic carbocycles. The van der Waals surface area contributed by atoms with Crippen LogP contribution < -0.4 is 11.5 Å². The van der Waals surface area contributed by atoms with E-state index in [2.05, 4.69) is 22.8 Å². The Morgan fingerprint density at radius 1 is 1.40 bits per heavy atom. The van der Waals surface area contributed by atoms with Crippen molar-refractivity contribution in [3.63, 3.8) is 0 Å². The van der Waals surface area contributed by atoms with E-state index in [1.54, 1.807) is 0 Å². The van der Waals surface area contributed by atoms with Crippen molar-refractivity contribution in [1.29, 1.82) is 5.41 Å². The molecule has 0 aliphatic rings. The smallest absolute Gasteiger partial charge is 0.307 e. The summed E-state index contributed by atoms with van der Waals surface area (Å²) in [5.41, 5.74) is 8.94. The van der Waals surface area contributed by atoms with Crippen LogP contribution in [0.2, 0.25) is 0 Å². The molecule has 15 heavy (non-hydrogen) atoms. The zero-order chi connectivity index (χ0) is 12.1. The van der Waals surface area contributed by atoms with Crippen molar-refractivity contribution >= 4 is 17.9 Å². The van der Waals surface area contributed by atoms with Gasteiger partial charge < -0.3 is 21.3 Å². The first-order valence-corrected chi connectivity index (χ1v) is 3.31. The maximum Gasteiger partial charge on any atom is 0.307 e. The number of carbonyl (C=O) groups excluding carboxylic acids is 1. The summed E-state index contributed by atoms with van der Waals surface area (Å²) in [6.45, 7) is 5.56. The summed E-state index contributed by atoms with van der Waals surface area (Å²) >= 11 is 0. The second-order valence-corrected chi connectivity index (χ2v) is 1.75. The van der Waals surface area contributed by atoms with Crippen LogP contribution in [-0.2, 0) is 34.7 Å². The molecule has 0 fully saturated rings. The fraction of sp³-hybridized carbons (Fsp3) is 0.286. The van der Waals surface area contributed by atoms with Gasteiger partial charge in [-0.1, -0.05) is 6.58 Å². The standard InChI is InChI=1S/C4H6O2.C2H4O2.CH5N3.Pd/c1-3-6-4(2)5;1-2(3)4;2-1(3)4;/h3H,1H2,2H3;1H3,(H,3,4);(H5,2,3,4);. The molecule has 92 valence electrons. The van der Waals surface area contributed by atoms with E-state index in [0.717, 1.165) is 13.2 Å². The number of rotatable bonds is 1. The Morgan fingerprint density at radius 2 is 1.60 bits per heavy atom. The second-order valence-electron chi connectivity index (χ2n) is 1.75. The fourth-order valence-corrected chi connectivity index (χ4v) is 0.117. The van der Waals surface area contributed by atoms with Crippen LogP contribution in [0.15, 0.2) is 12.8 Å². The molecule has 0 unspecified atom stereocenters. The fourth-order valence-electron chi connectivity index (χ4n) is 0.117. The van der Waals surface area contributed by atoms with Gasteiger partial charge in [0.2, 0.25) is 0 Å². The predicted molar refractivity (Wildman–Crippen MR) is 51.4 cm³/mol. The topological polar surface area (TPSA) is 139 Å². The molecule has 0 saturated heterocycles. The zero-order valence-electron chi connectivity index (χ0n) is 8.43. The summed E-state index contributed by atoms with van der Waals surface area (Å²) in [6, 6.07) is 0. The summed E-state index contributed by atoms with van der Waals surface area (Å²) in [5.74, 6) is -1.50.